The van der Waals surface area contributed by atoms with Crippen molar-refractivity contribution in [2.24, 2.45) is 5.92 Å². The van der Waals surface area contributed by atoms with Gasteiger partial charge in [-0.3, -0.25) is 19.1 Å². The van der Waals surface area contributed by atoms with Gasteiger partial charge in [-0.05, 0) is 62.4 Å². The summed E-state index contributed by atoms with van der Waals surface area (Å²) < 4.78 is 71.6. The molecule has 3 aromatic rings. The summed E-state index contributed by atoms with van der Waals surface area (Å²) in [6.07, 6.45) is -3.79. The number of ketones is 1. The molecule has 1 aromatic heterocycles. The highest BCUT2D eigenvalue weighted by atomic mass is 19.4. The summed E-state index contributed by atoms with van der Waals surface area (Å²) in [5.41, 5.74) is 4.43. The van der Waals surface area contributed by atoms with Gasteiger partial charge in [-0.15, -0.1) is 0 Å². The maximum Gasteiger partial charge on any atom is 0.433 e. The number of nitrogens with two attached hydrogens (primary N) is 1. The number of alkyl halides is 3. The number of carbonyl (C=O) groups is 3. The molecule has 41 heavy (non-hydrogen) atoms. The van der Waals surface area contributed by atoms with E-state index in [0.29, 0.717) is 16.3 Å². The number of halogens is 5. The van der Waals surface area contributed by atoms with Crippen LogP contribution < -0.4 is 5.73 Å². The minimum absolute atomic E-state index is 0.0372. The lowest BCUT2D eigenvalue weighted by molar-refractivity contribution is -0.147. The Kier molecular flexibility index (Phi) is 8.45. The molecule has 1 heterocycles. The molecule has 13 heteroatoms. The van der Waals surface area contributed by atoms with Crippen LogP contribution in [0.5, 0.6) is 0 Å². The number of nitrogens with zero attached hydrogens (tertiary/aromatic N) is 3. The number of hydrogen-bond donors (Lipinski definition) is 2. The highest BCUT2D eigenvalue weighted by Gasteiger charge is 2.43. The molecule has 0 spiro atoms. The molecule has 0 saturated heterocycles. The van der Waals surface area contributed by atoms with Gasteiger partial charge in [0.15, 0.2) is 11.5 Å². The Bertz CT molecular complexity index is 1460. The van der Waals surface area contributed by atoms with Gasteiger partial charge in [0.05, 0.1) is 30.3 Å². The maximum atomic E-state index is 14.4. The standard InChI is InChI=1S/C28H27F5N4O4/c1-15-2-7-23(34)21(8-15)24(38)14-36(13-16-9-18(29)11-19(30)10-16)26(39)22-12-35-37(25(22)28(31,32)33)20-5-3-17(4-6-20)27(40)41/h2,7-12,17,20H,3-6,13-14,34H2,1H3,(H,40,41)/t17-,20-. The highest BCUT2D eigenvalue weighted by Crippen LogP contribution is 2.39. The first kappa shape index (κ1) is 29.7. The van der Waals surface area contributed by atoms with E-state index in [1.807, 2.05) is 0 Å². The normalized spacial score (nSPS) is 17.3. The van der Waals surface area contributed by atoms with Crippen LogP contribution >= 0.6 is 0 Å². The van der Waals surface area contributed by atoms with Crippen LogP contribution in [0.1, 0.15) is 69.3 Å². The van der Waals surface area contributed by atoms with Crippen molar-refractivity contribution in [1.82, 2.24) is 14.7 Å². The molecular weight excluding hydrogens is 551 g/mol. The summed E-state index contributed by atoms with van der Waals surface area (Å²) in [5, 5.41) is 13.1. The average molecular weight is 579 g/mol. The van der Waals surface area contributed by atoms with Crippen LogP contribution in [-0.4, -0.2) is 44.0 Å². The van der Waals surface area contributed by atoms with Crippen molar-refractivity contribution in [3.63, 3.8) is 0 Å². The molecule has 0 unspecified atom stereocenters. The van der Waals surface area contributed by atoms with E-state index in [-0.39, 0.29) is 42.5 Å². The fourth-order valence-corrected chi connectivity index (χ4v) is 5.11. The molecule has 1 aliphatic carbocycles. The number of aromatic nitrogens is 2. The Morgan fingerprint density at radius 1 is 1.02 bits per heavy atom. The Morgan fingerprint density at radius 2 is 1.66 bits per heavy atom. The first-order valence-corrected chi connectivity index (χ1v) is 12.8. The number of benzene rings is 2. The summed E-state index contributed by atoms with van der Waals surface area (Å²) in [4.78, 5) is 38.9. The lowest BCUT2D eigenvalue weighted by Crippen LogP contribution is -2.37. The summed E-state index contributed by atoms with van der Waals surface area (Å²) >= 11 is 0. The van der Waals surface area contributed by atoms with Crippen LogP contribution in [0.3, 0.4) is 0 Å². The monoisotopic (exact) mass is 578 g/mol. The number of carboxylic acid groups (broad SMARTS) is 1. The van der Waals surface area contributed by atoms with Gasteiger partial charge >= 0.3 is 12.1 Å². The highest BCUT2D eigenvalue weighted by molar-refractivity contribution is 6.05. The van der Waals surface area contributed by atoms with Gasteiger partial charge in [0.25, 0.3) is 5.91 Å². The molecule has 218 valence electrons. The van der Waals surface area contributed by atoms with Crippen molar-refractivity contribution in [1.29, 1.82) is 0 Å². The number of carbonyl (C=O) groups excluding carboxylic acids is 2. The summed E-state index contributed by atoms with van der Waals surface area (Å²) in [6, 6.07) is 6.20. The number of carboxylic acids is 1. The van der Waals surface area contributed by atoms with E-state index in [2.05, 4.69) is 5.10 Å². The number of anilines is 1. The van der Waals surface area contributed by atoms with Crippen LogP contribution in [-0.2, 0) is 17.5 Å². The second-order valence-electron chi connectivity index (χ2n) is 10.1. The SMILES string of the molecule is Cc1ccc(N)c(C(=O)CN(Cc2cc(F)cc(F)c2)C(=O)c2cnn([C@H]3CC[C@H](C(=O)O)CC3)c2C(F)(F)F)c1. The minimum Gasteiger partial charge on any atom is -0.481 e. The van der Waals surface area contributed by atoms with Crippen molar-refractivity contribution >= 4 is 23.3 Å². The minimum atomic E-state index is -5.03. The Morgan fingerprint density at radius 3 is 2.24 bits per heavy atom. The number of amides is 1. The molecule has 3 N–H and O–H groups in total. The third-order valence-electron chi connectivity index (χ3n) is 7.11. The summed E-state index contributed by atoms with van der Waals surface area (Å²) in [6.45, 7) is 0.372. The van der Waals surface area contributed by atoms with E-state index < -0.39 is 71.8 Å². The van der Waals surface area contributed by atoms with Crippen molar-refractivity contribution in [2.75, 3.05) is 12.3 Å². The molecule has 1 amide bonds. The summed E-state index contributed by atoms with van der Waals surface area (Å²) in [7, 11) is 0. The van der Waals surface area contributed by atoms with E-state index in [0.717, 1.165) is 23.2 Å². The van der Waals surface area contributed by atoms with E-state index in [1.54, 1.807) is 13.0 Å². The van der Waals surface area contributed by atoms with Crippen molar-refractivity contribution in [3.8, 4) is 0 Å². The van der Waals surface area contributed by atoms with Gasteiger partial charge in [0, 0.05) is 23.9 Å². The van der Waals surface area contributed by atoms with Crippen molar-refractivity contribution in [3.05, 3.63) is 82.2 Å². The number of Topliss-reactive ketones (excluding diaryl/α,β-unsaturated/α-hetero) is 1. The molecule has 1 fully saturated rings. The zero-order valence-electron chi connectivity index (χ0n) is 21.9. The molecule has 1 aliphatic rings. The lowest BCUT2D eigenvalue weighted by atomic mass is 9.86. The maximum absolute atomic E-state index is 14.4. The molecule has 1 saturated carbocycles. The van der Waals surface area contributed by atoms with E-state index >= 15 is 0 Å². The molecule has 4 rings (SSSR count). The molecule has 0 aliphatic heterocycles. The van der Waals surface area contributed by atoms with Crippen molar-refractivity contribution < 1.29 is 41.4 Å². The Hall–Kier alpha value is -4.29. The predicted molar refractivity (Wildman–Crippen MR) is 137 cm³/mol. The third kappa shape index (κ3) is 6.72. The second kappa shape index (κ2) is 11.7. The van der Waals surface area contributed by atoms with Crippen LogP contribution in [0, 0.1) is 24.5 Å². The zero-order valence-corrected chi connectivity index (χ0v) is 21.9. The topological polar surface area (TPSA) is 119 Å². The van der Waals surface area contributed by atoms with E-state index in [9.17, 15) is 41.4 Å². The number of aliphatic carboxylic acids is 1. The predicted octanol–water partition coefficient (Wildman–Crippen LogP) is 5.41. The molecule has 0 bridgehead atoms. The van der Waals surface area contributed by atoms with Gasteiger partial charge in [-0.25, -0.2) is 8.78 Å². The number of rotatable bonds is 8. The molecule has 0 radical (unpaired) electrons. The van der Waals surface area contributed by atoms with Crippen molar-refractivity contribution in [2.45, 2.75) is 51.4 Å². The quantitative estimate of drug-likeness (QED) is 0.210. The Labute approximate surface area is 231 Å². The third-order valence-corrected chi connectivity index (χ3v) is 7.11. The van der Waals surface area contributed by atoms with Gasteiger partial charge < -0.3 is 15.7 Å². The van der Waals surface area contributed by atoms with Crippen LogP contribution in [0.2, 0.25) is 0 Å². The average Bonchev–Trinajstić information content (AvgIpc) is 3.35. The summed E-state index contributed by atoms with van der Waals surface area (Å²) in [5.74, 6) is -5.57. The largest absolute Gasteiger partial charge is 0.481 e. The van der Waals surface area contributed by atoms with E-state index in [1.165, 1.54) is 12.1 Å². The zero-order chi connectivity index (χ0) is 30.1. The smallest absolute Gasteiger partial charge is 0.433 e. The number of hydrogen-bond acceptors (Lipinski definition) is 5. The van der Waals surface area contributed by atoms with Crippen LogP contribution in [0.4, 0.5) is 27.6 Å². The second-order valence-corrected chi connectivity index (χ2v) is 10.1. The molecule has 8 nitrogen and oxygen atoms in total. The number of aryl methyl sites for hydroxylation is 1. The fraction of sp³-hybridized carbons (Fsp3) is 0.357. The van der Waals surface area contributed by atoms with E-state index in [4.69, 9.17) is 5.73 Å². The lowest BCUT2D eigenvalue weighted by Gasteiger charge is -2.28. The number of nitrogen functional groups attached to an aromatic ring is 1. The molecule has 0 atom stereocenters. The Balaban J connectivity index is 1.72. The van der Waals surface area contributed by atoms with Gasteiger partial charge in [0.1, 0.15) is 11.6 Å². The fourth-order valence-electron chi connectivity index (χ4n) is 5.11. The van der Waals surface area contributed by atoms with Gasteiger partial charge in [-0.2, -0.15) is 18.3 Å². The van der Waals surface area contributed by atoms with Crippen LogP contribution in [0.25, 0.3) is 0 Å². The van der Waals surface area contributed by atoms with Gasteiger partial charge in [-0.1, -0.05) is 11.6 Å². The molecule has 2 aromatic carbocycles. The molecular formula is C28H27F5N4O4. The van der Waals surface area contributed by atoms with Crippen LogP contribution in [0.15, 0.2) is 42.6 Å². The van der Waals surface area contributed by atoms with Gasteiger partial charge in [0.2, 0.25) is 0 Å². The first-order chi connectivity index (χ1) is 19.2. The first-order valence-electron chi connectivity index (χ1n) is 12.8.